The minimum absolute atomic E-state index is 0.0154. The highest BCUT2D eigenvalue weighted by Gasteiger charge is 2.19. The number of carbonyl (C=O) groups excluding carboxylic acids is 2. The fourth-order valence-electron chi connectivity index (χ4n) is 1.86. The summed E-state index contributed by atoms with van der Waals surface area (Å²) in [6.45, 7) is 0.141. The van der Waals surface area contributed by atoms with Crippen molar-refractivity contribution in [1.82, 2.24) is 20.4 Å². The average molecular weight is 281 g/mol. The van der Waals surface area contributed by atoms with Crippen LogP contribution in [-0.4, -0.2) is 45.4 Å². The maximum absolute atomic E-state index is 11.7. The first-order chi connectivity index (χ1) is 9.52. The molecule has 20 heavy (non-hydrogen) atoms. The molecule has 1 saturated heterocycles. The van der Waals surface area contributed by atoms with Crippen LogP contribution < -0.4 is 16.0 Å². The number of hydrogen-bond acceptors (Lipinski definition) is 4. The molecule has 9 nitrogen and oxygen atoms in total. The van der Waals surface area contributed by atoms with Crippen molar-refractivity contribution in [2.45, 2.75) is 25.4 Å². The van der Waals surface area contributed by atoms with Crippen molar-refractivity contribution in [3.05, 3.63) is 12.4 Å². The molecule has 1 aliphatic rings. The fraction of sp³-hybridized carbons (Fsp3) is 0.455. The van der Waals surface area contributed by atoms with Crippen LogP contribution in [0.2, 0.25) is 0 Å². The normalized spacial score (nSPS) is 18.2. The Labute approximate surface area is 114 Å². The standard InChI is InChI=1S/C11H15N5O4/c17-9-2-1-7(3-12-9)14-11(20)15-8-4-13-16(5-8)6-10(18)19/h4-5,7H,1-3,6H2,(H,12,17)(H,18,19)(H2,14,15,20). The fourth-order valence-corrected chi connectivity index (χ4v) is 1.86. The van der Waals surface area contributed by atoms with E-state index < -0.39 is 12.0 Å². The Morgan fingerprint density at radius 2 is 2.35 bits per heavy atom. The van der Waals surface area contributed by atoms with Crippen molar-refractivity contribution in [3.63, 3.8) is 0 Å². The highest BCUT2D eigenvalue weighted by Crippen LogP contribution is 2.06. The summed E-state index contributed by atoms with van der Waals surface area (Å²) < 4.78 is 1.21. The van der Waals surface area contributed by atoms with E-state index in [0.717, 1.165) is 0 Å². The van der Waals surface area contributed by atoms with E-state index in [1.54, 1.807) is 0 Å². The van der Waals surface area contributed by atoms with E-state index in [9.17, 15) is 14.4 Å². The zero-order chi connectivity index (χ0) is 14.5. The Kier molecular flexibility index (Phi) is 4.18. The van der Waals surface area contributed by atoms with Gasteiger partial charge in [-0.2, -0.15) is 5.10 Å². The van der Waals surface area contributed by atoms with Crippen molar-refractivity contribution < 1.29 is 19.5 Å². The molecule has 1 fully saturated rings. The van der Waals surface area contributed by atoms with Crippen LogP contribution in [-0.2, 0) is 16.1 Å². The van der Waals surface area contributed by atoms with Crippen LogP contribution in [0, 0.1) is 0 Å². The lowest BCUT2D eigenvalue weighted by Crippen LogP contribution is -2.48. The first kappa shape index (κ1) is 13.8. The van der Waals surface area contributed by atoms with E-state index in [-0.39, 0.29) is 18.5 Å². The summed E-state index contributed by atoms with van der Waals surface area (Å²) in [7, 11) is 0. The number of aliphatic carboxylic acids is 1. The number of rotatable bonds is 4. The van der Waals surface area contributed by atoms with Crippen molar-refractivity contribution in [2.75, 3.05) is 11.9 Å². The molecule has 9 heteroatoms. The monoisotopic (exact) mass is 281 g/mol. The van der Waals surface area contributed by atoms with Crippen LogP contribution in [0.5, 0.6) is 0 Å². The quantitative estimate of drug-likeness (QED) is 0.584. The highest BCUT2D eigenvalue weighted by molar-refractivity contribution is 5.89. The molecule has 0 aromatic carbocycles. The second-order valence-electron chi connectivity index (χ2n) is 4.46. The van der Waals surface area contributed by atoms with Gasteiger partial charge in [0, 0.05) is 25.2 Å². The molecule has 4 N–H and O–H groups in total. The molecule has 0 bridgehead atoms. The lowest BCUT2D eigenvalue weighted by Gasteiger charge is -2.23. The number of piperidine rings is 1. The van der Waals surface area contributed by atoms with Gasteiger partial charge in [-0.15, -0.1) is 0 Å². The highest BCUT2D eigenvalue weighted by atomic mass is 16.4. The number of carbonyl (C=O) groups is 3. The van der Waals surface area contributed by atoms with Crippen LogP contribution in [0.4, 0.5) is 10.5 Å². The van der Waals surface area contributed by atoms with Gasteiger partial charge in [0.25, 0.3) is 0 Å². The zero-order valence-electron chi connectivity index (χ0n) is 10.6. The van der Waals surface area contributed by atoms with Gasteiger partial charge >= 0.3 is 12.0 Å². The molecule has 2 heterocycles. The molecule has 0 spiro atoms. The Morgan fingerprint density at radius 1 is 1.55 bits per heavy atom. The average Bonchev–Trinajstić information content (AvgIpc) is 2.78. The summed E-state index contributed by atoms with van der Waals surface area (Å²) in [5.74, 6) is -1.03. The predicted octanol–water partition coefficient (Wildman–Crippen LogP) is -0.632. The molecule has 3 amide bonds. The largest absolute Gasteiger partial charge is 0.480 e. The number of hydrogen-bond donors (Lipinski definition) is 4. The maximum Gasteiger partial charge on any atom is 0.325 e. The van der Waals surface area contributed by atoms with Crippen LogP contribution in [0.3, 0.4) is 0 Å². The van der Waals surface area contributed by atoms with Crippen LogP contribution in [0.25, 0.3) is 0 Å². The van der Waals surface area contributed by atoms with Gasteiger partial charge in [0.05, 0.1) is 11.9 Å². The number of amides is 3. The van der Waals surface area contributed by atoms with Crippen LogP contribution in [0.1, 0.15) is 12.8 Å². The minimum atomic E-state index is -1.01. The van der Waals surface area contributed by atoms with E-state index in [1.807, 2.05) is 0 Å². The molecule has 1 aromatic rings. The van der Waals surface area contributed by atoms with Gasteiger partial charge in [0.2, 0.25) is 5.91 Å². The summed E-state index contributed by atoms with van der Waals surface area (Å²) in [6, 6.07) is -0.525. The Hall–Kier alpha value is -2.58. The van der Waals surface area contributed by atoms with Gasteiger partial charge in [-0.05, 0) is 6.42 Å². The predicted molar refractivity (Wildman–Crippen MR) is 68.0 cm³/mol. The van der Waals surface area contributed by atoms with Gasteiger partial charge in [0.1, 0.15) is 6.54 Å². The van der Waals surface area contributed by atoms with Gasteiger partial charge in [-0.1, -0.05) is 0 Å². The van der Waals surface area contributed by atoms with E-state index in [0.29, 0.717) is 25.1 Å². The molecule has 1 aliphatic heterocycles. The first-order valence-electron chi connectivity index (χ1n) is 6.11. The number of nitrogens with one attached hydrogen (secondary N) is 3. The van der Waals surface area contributed by atoms with Crippen molar-refractivity contribution in [1.29, 1.82) is 0 Å². The van der Waals surface area contributed by atoms with E-state index in [4.69, 9.17) is 5.11 Å². The van der Waals surface area contributed by atoms with Gasteiger partial charge in [0.15, 0.2) is 0 Å². The van der Waals surface area contributed by atoms with Crippen LogP contribution >= 0.6 is 0 Å². The zero-order valence-corrected chi connectivity index (χ0v) is 10.6. The molecule has 1 atom stereocenters. The molecule has 0 aliphatic carbocycles. The maximum atomic E-state index is 11.7. The first-order valence-corrected chi connectivity index (χ1v) is 6.11. The third-order valence-electron chi connectivity index (χ3n) is 2.79. The molecule has 0 saturated carbocycles. The lowest BCUT2D eigenvalue weighted by atomic mass is 10.1. The molecule has 0 radical (unpaired) electrons. The second kappa shape index (κ2) is 6.04. The van der Waals surface area contributed by atoms with Crippen molar-refractivity contribution >= 4 is 23.6 Å². The summed E-state index contributed by atoms with van der Waals surface area (Å²) in [6.07, 6.45) is 3.78. The third kappa shape index (κ3) is 3.97. The van der Waals surface area contributed by atoms with Gasteiger partial charge < -0.3 is 21.1 Å². The van der Waals surface area contributed by atoms with Crippen molar-refractivity contribution in [2.24, 2.45) is 0 Å². The topological polar surface area (TPSA) is 125 Å². The van der Waals surface area contributed by atoms with Crippen molar-refractivity contribution in [3.8, 4) is 0 Å². The van der Waals surface area contributed by atoms with Gasteiger partial charge in [-0.3, -0.25) is 14.3 Å². The smallest absolute Gasteiger partial charge is 0.325 e. The molecular formula is C11H15N5O4. The molecule has 1 aromatic heterocycles. The Balaban J connectivity index is 1.80. The number of carboxylic acids is 1. The van der Waals surface area contributed by atoms with E-state index in [1.165, 1.54) is 17.1 Å². The number of urea groups is 1. The Morgan fingerprint density at radius 3 is 3.00 bits per heavy atom. The summed E-state index contributed by atoms with van der Waals surface area (Å²) in [4.78, 5) is 33.2. The van der Waals surface area contributed by atoms with Gasteiger partial charge in [-0.25, -0.2) is 4.79 Å². The molecule has 1 unspecified atom stereocenters. The summed E-state index contributed by atoms with van der Waals surface area (Å²) in [5, 5.41) is 20.3. The second-order valence-corrected chi connectivity index (χ2v) is 4.46. The summed E-state index contributed by atoms with van der Waals surface area (Å²) >= 11 is 0. The van der Waals surface area contributed by atoms with Crippen LogP contribution in [0.15, 0.2) is 12.4 Å². The third-order valence-corrected chi connectivity index (χ3v) is 2.79. The molecule has 2 rings (SSSR count). The number of aromatic nitrogens is 2. The lowest BCUT2D eigenvalue weighted by molar-refractivity contribution is -0.137. The molecular weight excluding hydrogens is 266 g/mol. The number of anilines is 1. The summed E-state index contributed by atoms with van der Waals surface area (Å²) in [5.41, 5.74) is 0.406. The number of nitrogens with zero attached hydrogens (tertiary/aromatic N) is 2. The molecule has 108 valence electrons. The SMILES string of the molecule is O=C(O)Cn1cc(NC(=O)NC2CCC(=O)NC2)cn1. The van der Waals surface area contributed by atoms with E-state index in [2.05, 4.69) is 21.0 Å². The minimum Gasteiger partial charge on any atom is -0.480 e. The Bertz CT molecular complexity index is 517. The number of carboxylic acid groups (broad SMARTS) is 1. The van der Waals surface area contributed by atoms with E-state index >= 15 is 0 Å².